The highest BCUT2D eigenvalue weighted by Gasteiger charge is 2.14. The topological polar surface area (TPSA) is 91.0 Å². The van der Waals surface area contributed by atoms with Gasteiger partial charge in [-0.05, 0) is 49.8 Å². The van der Waals surface area contributed by atoms with Gasteiger partial charge in [-0.15, -0.1) is 0 Å². The first-order valence-electron chi connectivity index (χ1n) is 11.0. The summed E-state index contributed by atoms with van der Waals surface area (Å²) in [5, 5.41) is 29.6. The zero-order chi connectivity index (χ0) is 23.8. The minimum Gasteiger partial charge on any atom is -0.491 e. The highest BCUT2D eigenvalue weighted by Crippen LogP contribution is 2.24. The van der Waals surface area contributed by atoms with Crippen LogP contribution in [0.3, 0.4) is 0 Å². The summed E-state index contributed by atoms with van der Waals surface area (Å²) in [7, 11) is 3.83. The molecule has 0 bridgehead atoms. The number of benzene rings is 2. The lowest BCUT2D eigenvalue weighted by Gasteiger charge is -2.16. The zero-order valence-corrected chi connectivity index (χ0v) is 19.4. The van der Waals surface area contributed by atoms with Crippen LogP contribution in [0.15, 0.2) is 67.0 Å². The third-order valence-electron chi connectivity index (χ3n) is 5.24. The summed E-state index contributed by atoms with van der Waals surface area (Å²) in [6.45, 7) is 2.38. The summed E-state index contributed by atoms with van der Waals surface area (Å²) in [6, 6.07) is 15.6. The second kappa shape index (κ2) is 11.8. The largest absolute Gasteiger partial charge is 0.491 e. The molecule has 0 aliphatic carbocycles. The highest BCUT2D eigenvalue weighted by atomic mass is 16.5. The zero-order valence-electron chi connectivity index (χ0n) is 19.4. The van der Waals surface area contributed by atoms with Crippen molar-refractivity contribution < 1.29 is 20.1 Å². The van der Waals surface area contributed by atoms with E-state index in [1.165, 1.54) is 0 Å². The number of aliphatic hydroxyl groups is 3. The SMILES string of the molecule is C[C@H](O)c1nccn1[C@@H](/C=C/c1ccc(-c2ccc(OCC(O)CN(C)C)cc2)cc1)CO. The quantitative estimate of drug-likeness (QED) is 0.415. The van der Waals surface area contributed by atoms with Gasteiger partial charge in [0.15, 0.2) is 0 Å². The van der Waals surface area contributed by atoms with Crippen LogP contribution in [0.2, 0.25) is 0 Å². The van der Waals surface area contributed by atoms with Crippen LogP contribution in [0.25, 0.3) is 17.2 Å². The lowest BCUT2D eigenvalue weighted by molar-refractivity contribution is 0.0831. The number of hydrogen-bond donors (Lipinski definition) is 3. The van der Waals surface area contributed by atoms with E-state index in [1.807, 2.05) is 79.7 Å². The Morgan fingerprint density at radius 2 is 1.67 bits per heavy atom. The van der Waals surface area contributed by atoms with Gasteiger partial charge in [-0.2, -0.15) is 0 Å². The van der Waals surface area contributed by atoms with Gasteiger partial charge < -0.3 is 29.5 Å². The van der Waals surface area contributed by atoms with Crippen molar-refractivity contribution in [2.75, 3.05) is 33.9 Å². The van der Waals surface area contributed by atoms with Gasteiger partial charge >= 0.3 is 0 Å². The maximum Gasteiger partial charge on any atom is 0.137 e. The van der Waals surface area contributed by atoms with Crippen molar-refractivity contribution in [3.05, 3.63) is 78.4 Å². The molecule has 33 heavy (non-hydrogen) atoms. The second-order valence-electron chi connectivity index (χ2n) is 8.35. The van der Waals surface area contributed by atoms with Crippen LogP contribution >= 0.6 is 0 Å². The van der Waals surface area contributed by atoms with Gasteiger partial charge in [0, 0.05) is 18.9 Å². The molecular weight excluding hydrogens is 418 g/mol. The van der Waals surface area contributed by atoms with E-state index in [2.05, 4.69) is 4.98 Å². The Hall–Kier alpha value is -2.97. The fourth-order valence-electron chi connectivity index (χ4n) is 3.59. The monoisotopic (exact) mass is 451 g/mol. The molecule has 3 rings (SSSR count). The first-order chi connectivity index (χ1) is 15.9. The second-order valence-corrected chi connectivity index (χ2v) is 8.35. The third-order valence-corrected chi connectivity index (χ3v) is 5.24. The number of aliphatic hydroxyl groups excluding tert-OH is 3. The number of imidazole rings is 1. The Bertz CT molecular complexity index is 1010. The Morgan fingerprint density at radius 1 is 1.03 bits per heavy atom. The van der Waals surface area contributed by atoms with Crippen molar-refractivity contribution in [1.82, 2.24) is 14.5 Å². The molecule has 0 spiro atoms. The van der Waals surface area contributed by atoms with Crippen LogP contribution in [0.4, 0.5) is 0 Å². The minimum absolute atomic E-state index is 0.0920. The van der Waals surface area contributed by atoms with E-state index < -0.39 is 12.2 Å². The van der Waals surface area contributed by atoms with Crippen molar-refractivity contribution in [3.8, 4) is 16.9 Å². The summed E-state index contributed by atoms with van der Waals surface area (Å²) in [5.74, 6) is 1.25. The van der Waals surface area contributed by atoms with Crippen LogP contribution in [0.5, 0.6) is 5.75 Å². The Kier molecular flexibility index (Phi) is 8.79. The van der Waals surface area contributed by atoms with Crippen LogP contribution in [0.1, 0.15) is 30.5 Å². The lowest BCUT2D eigenvalue weighted by atomic mass is 10.0. The third kappa shape index (κ3) is 7.00. The average molecular weight is 452 g/mol. The highest BCUT2D eigenvalue weighted by molar-refractivity contribution is 5.66. The van der Waals surface area contributed by atoms with E-state index in [0.717, 1.165) is 22.4 Å². The molecule has 0 amide bonds. The number of ether oxygens (including phenoxy) is 1. The maximum absolute atomic E-state index is 9.92. The summed E-state index contributed by atoms with van der Waals surface area (Å²) in [5.41, 5.74) is 3.15. The molecule has 0 radical (unpaired) electrons. The van der Waals surface area contributed by atoms with Gasteiger partial charge in [0.25, 0.3) is 0 Å². The van der Waals surface area contributed by atoms with Crippen molar-refractivity contribution in [2.24, 2.45) is 0 Å². The number of hydrogen-bond acceptors (Lipinski definition) is 6. The molecule has 2 aromatic carbocycles. The molecule has 0 fully saturated rings. The van der Waals surface area contributed by atoms with Gasteiger partial charge in [0.1, 0.15) is 30.4 Å². The molecule has 1 aromatic heterocycles. The van der Waals surface area contributed by atoms with E-state index in [4.69, 9.17) is 4.74 Å². The molecule has 3 aromatic rings. The van der Waals surface area contributed by atoms with Crippen molar-refractivity contribution in [3.63, 3.8) is 0 Å². The Balaban J connectivity index is 1.62. The van der Waals surface area contributed by atoms with Crippen LogP contribution < -0.4 is 4.74 Å². The lowest BCUT2D eigenvalue weighted by Crippen LogP contribution is -2.30. The van der Waals surface area contributed by atoms with Crippen LogP contribution in [-0.4, -0.2) is 69.7 Å². The van der Waals surface area contributed by atoms with E-state index in [1.54, 1.807) is 23.9 Å². The molecule has 0 aliphatic heterocycles. The Morgan fingerprint density at radius 3 is 2.24 bits per heavy atom. The average Bonchev–Trinajstić information content (AvgIpc) is 3.29. The first kappa shape index (κ1) is 24.7. The van der Waals surface area contributed by atoms with Gasteiger partial charge in [0.2, 0.25) is 0 Å². The van der Waals surface area contributed by atoms with Gasteiger partial charge in [-0.1, -0.05) is 48.6 Å². The molecule has 1 unspecified atom stereocenters. The number of rotatable bonds is 11. The van der Waals surface area contributed by atoms with Crippen LogP contribution in [-0.2, 0) is 0 Å². The fraction of sp³-hybridized carbons (Fsp3) is 0.346. The fourth-order valence-corrected chi connectivity index (χ4v) is 3.59. The molecule has 176 valence electrons. The minimum atomic E-state index is -0.707. The van der Waals surface area contributed by atoms with Crippen LogP contribution in [0, 0.1) is 0 Å². The molecule has 1 heterocycles. The Labute approximate surface area is 195 Å². The predicted molar refractivity (Wildman–Crippen MR) is 130 cm³/mol. The molecule has 7 nitrogen and oxygen atoms in total. The van der Waals surface area contributed by atoms with Crippen molar-refractivity contribution in [1.29, 1.82) is 0 Å². The number of likely N-dealkylation sites (N-methyl/N-ethyl adjacent to an activating group) is 1. The maximum atomic E-state index is 9.92. The smallest absolute Gasteiger partial charge is 0.137 e. The van der Waals surface area contributed by atoms with Gasteiger partial charge in [-0.3, -0.25) is 0 Å². The molecule has 0 saturated carbocycles. The standard InChI is InChI=1S/C26H33N3O4/c1-19(31)26-27-14-15-29(26)23(17-30)11-6-20-4-7-21(8-5-20)22-9-12-25(13-10-22)33-18-24(32)16-28(2)3/h4-15,19,23-24,30-32H,16-18H2,1-3H3/b11-6+/t19-,23-,24?/m0/s1. The summed E-state index contributed by atoms with van der Waals surface area (Å²) >= 11 is 0. The van der Waals surface area contributed by atoms with Gasteiger partial charge in [0.05, 0.1) is 12.6 Å². The molecule has 3 atom stereocenters. The molecule has 3 N–H and O–H groups in total. The predicted octanol–water partition coefficient (Wildman–Crippen LogP) is 3.15. The van der Waals surface area contributed by atoms with E-state index >= 15 is 0 Å². The molecular formula is C26H33N3O4. The molecule has 0 aliphatic rings. The summed E-state index contributed by atoms with van der Waals surface area (Å²) in [4.78, 5) is 6.09. The number of aromatic nitrogens is 2. The normalized spacial score (nSPS) is 14.5. The number of nitrogens with zero attached hydrogens (tertiary/aromatic N) is 3. The van der Waals surface area contributed by atoms with Crippen molar-refractivity contribution >= 4 is 6.08 Å². The van der Waals surface area contributed by atoms with E-state index in [9.17, 15) is 15.3 Å². The summed E-state index contributed by atoms with van der Waals surface area (Å²) in [6.07, 6.45) is 5.99. The molecule has 0 saturated heterocycles. The van der Waals surface area contributed by atoms with Gasteiger partial charge in [-0.25, -0.2) is 4.98 Å². The van der Waals surface area contributed by atoms with Crippen molar-refractivity contribution in [2.45, 2.75) is 25.2 Å². The first-order valence-corrected chi connectivity index (χ1v) is 11.0. The molecule has 7 heteroatoms. The van der Waals surface area contributed by atoms with E-state index in [-0.39, 0.29) is 19.3 Å². The van der Waals surface area contributed by atoms with E-state index in [0.29, 0.717) is 12.4 Å². The summed E-state index contributed by atoms with van der Waals surface area (Å²) < 4.78 is 7.45.